The third-order valence-electron chi connectivity index (χ3n) is 4.68. The molecule has 0 aromatic carbocycles. The van der Waals surface area contributed by atoms with Gasteiger partial charge in [-0.1, -0.05) is 0 Å². The van der Waals surface area contributed by atoms with Crippen molar-refractivity contribution in [3.63, 3.8) is 0 Å². The van der Waals surface area contributed by atoms with Crippen LogP contribution in [0, 0.1) is 0 Å². The van der Waals surface area contributed by atoms with Crippen molar-refractivity contribution in [2.24, 2.45) is 0 Å². The molecule has 2 fully saturated rings. The Balaban J connectivity index is 2.05. The number of ether oxygens (including phenoxy) is 1. The molecule has 0 aromatic rings. The number of nitrogens with one attached hydrogen (secondary N) is 1. The molecule has 2 rings (SSSR count). The second-order valence-electron chi connectivity index (χ2n) is 6.29. The van der Waals surface area contributed by atoms with Crippen LogP contribution in [0.25, 0.3) is 0 Å². The number of carbonyl (C=O) groups excluding carboxylic acids is 3. The van der Waals surface area contributed by atoms with Crippen LogP contribution in [0.4, 0.5) is 0 Å². The summed E-state index contributed by atoms with van der Waals surface area (Å²) >= 11 is 0. The summed E-state index contributed by atoms with van der Waals surface area (Å²) in [6.07, 6.45) is 0.313. The predicted molar refractivity (Wildman–Crippen MR) is 89.4 cm³/mol. The number of esters is 1. The van der Waals surface area contributed by atoms with E-state index >= 15 is 0 Å². The van der Waals surface area contributed by atoms with Gasteiger partial charge in [0.1, 0.15) is 6.04 Å². The highest BCUT2D eigenvalue weighted by Crippen LogP contribution is 2.19. The van der Waals surface area contributed by atoms with E-state index in [2.05, 4.69) is 10.1 Å². The zero-order valence-corrected chi connectivity index (χ0v) is 15.4. The number of hydrogen-bond donors (Lipinski definition) is 1. The van der Waals surface area contributed by atoms with E-state index in [1.165, 1.54) is 7.11 Å². The molecule has 1 N–H and O–H groups in total. The fourth-order valence-electron chi connectivity index (χ4n) is 3.34. The topological polar surface area (TPSA) is 113 Å². The largest absolute Gasteiger partial charge is 0.469 e. The van der Waals surface area contributed by atoms with Crippen LogP contribution in [-0.4, -0.2) is 92.9 Å². The number of hydrogen-bond acceptors (Lipinski definition) is 7. The van der Waals surface area contributed by atoms with Gasteiger partial charge in [0.15, 0.2) is 9.84 Å². The van der Waals surface area contributed by atoms with Crippen LogP contribution in [0.1, 0.15) is 19.8 Å². The molecule has 0 bridgehead atoms. The van der Waals surface area contributed by atoms with Gasteiger partial charge in [-0.3, -0.25) is 19.3 Å². The number of carbonyl (C=O) groups is 3. The Morgan fingerprint density at radius 2 is 2.12 bits per heavy atom. The van der Waals surface area contributed by atoms with E-state index < -0.39 is 21.8 Å². The number of likely N-dealkylation sites (N-methyl/N-ethyl adjacent to an activating group) is 1. The van der Waals surface area contributed by atoms with Crippen LogP contribution >= 0.6 is 0 Å². The number of amides is 2. The second kappa shape index (κ2) is 8.13. The van der Waals surface area contributed by atoms with E-state index in [1.807, 2.05) is 0 Å². The lowest BCUT2D eigenvalue weighted by atomic mass is 10.1. The Kier molecular flexibility index (Phi) is 6.39. The highest BCUT2D eigenvalue weighted by Gasteiger charge is 2.37. The lowest BCUT2D eigenvalue weighted by Gasteiger charge is -2.36. The van der Waals surface area contributed by atoms with Gasteiger partial charge in [-0.2, -0.15) is 0 Å². The van der Waals surface area contributed by atoms with Gasteiger partial charge in [0, 0.05) is 25.7 Å². The molecule has 10 heteroatoms. The first-order valence-electron chi connectivity index (χ1n) is 8.36. The van der Waals surface area contributed by atoms with Gasteiger partial charge >= 0.3 is 5.97 Å². The Hall–Kier alpha value is -1.68. The monoisotopic (exact) mass is 375 g/mol. The third-order valence-corrected chi connectivity index (χ3v) is 6.43. The van der Waals surface area contributed by atoms with E-state index in [-0.39, 0.29) is 42.3 Å². The van der Waals surface area contributed by atoms with E-state index in [4.69, 9.17) is 0 Å². The maximum Gasteiger partial charge on any atom is 0.307 e. The molecule has 0 aromatic heterocycles. The summed E-state index contributed by atoms with van der Waals surface area (Å²) < 4.78 is 28.0. The average Bonchev–Trinajstić information content (AvgIpc) is 2.91. The van der Waals surface area contributed by atoms with Crippen LogP contribution in [0.2, 0.25) is 0 Å². The van der Waals surface area contributed by atoms with Gasteiger partial charge in [-0.15, -0.1) is 0 Å². The lowest BCUT2D eigenvalue weighted by Crippen LogP contribution is -2.58. The molecule has 0 saturated carbocycles. The summed E-state index contributed by atoms with van der Waals surface area (Å²) in [5.74, 6) is -0.976. The molecule has 2 atom stereocenters. The SMILES string of the molecule is CCN(C(=O)CN1CCNC(=O)[C@@H]1CC(=O)OC)[C@@H]1CCS(=O)(=O)C1. The number of rotatable bonds is 6. The standard InChI is InChI=1S/C15H25N3O6S/c1-3-18(11-4-7-25(22,23)10-11)13(19)9-17-6-5-16-15(21)12(17)8-14(20)24-2/h11-12H,3-10H2,1-2H3,(H,16,21)/t11-,12+/m1/s1. The minimum absolute atomic E-state index is 0.0152. The van der Waals surface area contributed by atoms with Crippen molar-refractivity contribution in [2.75, 3.05) is 44.8 Å². The lowest BCUT2D eigenvalue weighted by molar-refractivity contribution is -0.147. The normalized spacial score (nSPS) is 26.1. The average molecular weight is 375 g/mol. The Bertz CT molecular complexity index is 635. The first-order chi connectivity index (χ1) is 11.8. The summed E-state index contributed by atoms with van der Waals surface area (Å²) in [5.41, 5.74) is 0. The van der Waals surface area contributed by atoms with Crippen molar-refractivity contribution < 1.29 is 27.5 Å². The van der Waals surface area contributed by atoms with Crippen molar-refractivity contribution in [3.05, 3.63) is 0 Å². The molecule has 0 radical (unpaired) electrons. The van der Waals surface area contributed by atoms with E-state index in [0.717, 1.165) is 0 Å². The molecule has 2 amide bonds. The molecule has 2 heterocycles. The van der Waals surface area contributed by atoms with E-state index in [1.54, 1.807) is 16.7 Å². The Morgan fingerprint density at radius 3 is 2.68 bits per heavy atom. The molecule has 2 saturated heterocycles. The molecule has 25 heavy (non-hydrogen) atoms. The number of nitrogens with zero attached hydrogens (tertiary/aromatic N) is 2. The summed E-state index contributed by atoms with van der Waals surface area (Å²) in [4.78, 5) is 39.5. The van der Waals surface area contributed by atoms with Crippen LogP contribution < -0.4 is 5.32 Å². The number of piperazine rings is 1. The maximum atomic E-state index is 12.7. The molecule has 0 unspecified atom stereocenters. The van der Waals surface area contributed by atoms with Gasteiger partial charge in [-0.05, 0) is 13.3 Å². The van der Waals surface area contributed by atoms with Gasteiger partial charge in [0.05, 0.1) is 31.6 Å². The molecule has 0 spiro atoms. The first-order valence-corrected chi connectivity index (χ1v) is 10.2. The quantitative estimate of drug-likeness (QED) is 0.556. The molecular formula is C15H25N3O6S. The molecule has 0 aliphatic carbocycles. The molecule has 9 nitrogen and oxygen atoms in total. The summed E-state index contributed by atoms with van der Waals surface area (Å²) in [5, 5.41) is 2.68. The van der Waals surface area contributed by atoms with E-state index in [0.29, 0.717) is 26.1 Å². The summed E-state index contributed by atoms with van der Waals surface area (Å²) in [6, 6.07) is -1.07. The van der Waals surface area contributed by atoms with Crippen LogP contribution in [-0.2, 0) is 29.0 Å². The van der Waals surface area contributed by atoms with Crippen molar-refractivity contribution in [1.29, 1.82) is 0 Å². The molecule has 142 valence electrons. The second-order valence-corrected chi connectivity index (χ2v) is 8.52. The fourth-order valence-corrected chi connectivity index (χ4v) is 5.07. The van der Waals surface area contributed by atoms with Gasteiger partial charge < -0.3 is 15.0 Å². The highest BCUT2D eigenvalue weighted by atomic mass is 32.2. The number of methoxy groups -OCH3 is 1. The summed E-state index contributed by atoms with van der Waals surface area (Å²) in [6.45, 7) is 3.02. The highest BCUT2D eigenvalue weighted by molar-refractivity contribution is 7.91. The van der Waals surface area contributed by atoms with Crippen LogP contribution in [0.15, 0.2) is 0 Å². The van der Waals surface area contributed by atoms with Gasteiger partial charge in [-0.25, -0.2) is 8.42 Å². The third kappa shape index (κ3) is 4.91. The van der Waals surface area contributed by atoms with Crippen molar-refractivity contribution >= 4 is 27.6 Å². The first kappa shape index (κ1) is 19.6. The minimum Gasteiger partial charge on any atom is -0.469 e. The van der Waals surface area contributed by atoms with Crippen molar-refractivity contribution in [1.82, 2.24) is 15.1 Å². The Labute approximate surface area is 147 Å². The smallest absolute Gasteiger partial charge is 0.307 e. The maximum absolute atomic E-state index is 12.7. The molecule has 2 aliphatic heterocycles. The van der Waals surface area contributed by atoms with Crippen LogP contribution in [0.5, 0.6) is 0 Å². The van der Waals surface area contributed by atoms with E-state index in [9.17, 15) is 22.8 Å². The predicted octanol–water partition coefficient (Wildman–Crippen LogP) is -1.61. The Morgan fingerprint density at radius 1 is 1.40 bits per heavy atom. The van der Waals surface area contributed by atoms with Gasteiger partial charge in [0.25, 0.3) is 0 Å². The van der Waals surface area contributed by atoms with Crippen molar-refractivity contribution in [2.45, 2.75) is 31.8 Å². The van der Waals surface area contributed by atoms with Crippen molar-refractivity contribution in [3.8, 4) is 0 Å². The molecule has 2 aliphatic rings. The minimum atomic E-state index is -3.09. The molecular weight excluding hydrogens is 350 g/mol. The van der Waals surface area contributed by atoms with Gasteiger partial charge in [0.2, 0.25) is 11.8 Å². The zero-order chi connectivity index (χ0) is 18.6. The summed E-state index contributed by atoms with van der Waals surface area (Å²) in [7, 11) is -1.84. The zero-order valence-electron chi connectivity index (χ0n) is 14.6. The van der Waals surface area contributed by atoms with Crippen LogP contribution in [0.3, 0.4) is 0 Å². The number of sulfone groups is 1. The fraction of sp³-hybridized carbons (Fsp3) is 0.800.